The van der Waals surface area contributed by atoms with Gasteiger partial charge >= 0.3 is 0 Å². The van der Waals surface area contributed by atoms with E-state index < -0.39 is 16.1 Å². The van der Waals surface area contributed by atoms with Crippen LogP contribution < -0.4 is 14.2 Å². The van der Waals surface area contributed by atoms with Gasteiger partial charge in [0.15, 0.2) is 11.5 Å². The summed E-state index contributed by atoms with van der Waals surface area (Å²) in [4.78, 5) is 0. The van der Waals surface area contributed by atoms with Gasteiger partial charge in [0.2, 0.25) is 10.0 Å². The van der Waals surface area contributed by atoms with Gasteiger partial charge in [0, 0.05) is 6.04 Å². The van der Waals surface area contributed by atoms with Crippen LogP contribution in [0.5, 0.6) is 11.5 Å². The highest BCUT2D eigenvalue weighted by Gasteiger charge is 2.18. The van der Waals surface area contributed by atoms with Crippen LogP contribution >= 0.6 is 0 Å². The summed E-state index contributed by atoms with van der Waals surface area (Å²) in [6.45, 7) is 2.41. The van der Waals surface area contributed by atoms with Gasteiger partial charge in [0.05, 0.1) is 24.9 Å². The number of benzene rings is 3. The number of fused-ring (bicyclic) bond motifs is 1. The molecule has 172 valence electrons. The van der Waals surface area contributed by atoms with E-state index in [0.717, 1.165) is 22.2 Å². The van der Waals surface area contributed by atoms with Crippen LogP contribution in [0.2, 0.25) is 0 Å². The fourth-order valence-electron chi connectivity index (χ4n) is 3.49. The Hall–Kier alpha value is -3.43. The quantitative estimate of drug-likeness (QED) is 0.383. The van der Waals surface area contributed by atoms with Gasteiger partial charge in [-0.15, -0.1) is 5.10 Å². The second-order valence-corrected chi connectivity index (χ2v) is 9.52. The highest BCUT2D eigenvalue weighted by molar-refractivity contribution is 7.89. The summed E-state index contributed by atoms with van der Waals surface area (Å²) in [5, 5.41) is 8.11. The lowest BCUT2D eigenvalue weighted by Crippen LogP contribution is -2.31. The summed E-state index contributed by atoms with van der Waals surface area (Å²) < 4.78 is 41.1. The van der Waals surface area contributed by atoms with Crippen molar-refractivity contribution < 1.29 is 17.9 Å². The number of sulfonamides is 1. The van der Waals surface area contributed by atoms with Crippen molar-refractivity contribution in [2.45, 2.75) is 26.1 Å². The highest BCUT2D eigenvalue weighted by atomic mass is 32.2. The Morgan fingerprint density at radius 1 is 1.00 bits per heavy atom. The largest absolute Gasteiger partial charge is 0.493 e. The maximum atomic E-state index is 12.7. The van der Waals surface area contributed by atoms with Crippen molar-refractivity contribution in [2.24, 2.45) is 0 Å². The molecule has 0 saturated heterocycles. The van der Waals surface area contributed by atoms with Gasteiger partial charge in [0.25, 0.3) is 0 Å². The Morgan fingerprint density at radius 3 is 2.55 bits per heavy atom. The molecule has 0 aliphatic carbocycles. The molecule has 0 fully saturated rings. The monoisotopic (exact) mass is 466 g/mol. The zero-order valence-electron chi connectivity index (χ0n) is 18.5. The Kier molecular flexibility index (Phi) is 6.90. The second kappa shape index (κ2) is 10.0. The first kappa shape index (κ1) is 22.8. The zero-order valence-corrected chi connectivity index (χ0v) is 19.3. The van der Waals surface area contributed by atoms with Gasteiger partial charge in [-0.3, -0.25) is 0 Å². The molecule has 1 atom stereocenters. The van der Waals surface area contributed by atoms with Crippen LogP contribution in [0.3, 0.4) is 0 Å². The standard InChI is InChI=1S/C24H26N4O4S/c1-18(26-33(29,30)15-14-28-22-11-7-6-10-21(22)25-27-28)20-12-13-23(24(16-20)31-2)32-17-19-8-4-3-5-9-19/h3-13,16,18,26H,14-15,17H2,1-2H3/t18-/m1/s1. The third kappa shape index (κ3) is 5.68. The predicted octanol–water partition coefficient (Wildman–Crippen LogP) is 3.70. The van der Waals surface area contributed by atoms with Gasteiger partial charge in [-0.1, -0.05) is 53.7 Å². The normalized spacial score (nSPS) is 12.5. The minimum atomic E-state index is -3.56. The molecule has 0 unspecified atom stereocenters. The van der Waals surface area contributed by atoms with E-state index in [0.29, 0.717) is 18.1 Å². The number of nitrogens with zero attached hydrogens (tertiary/aromatic N) is 3. The van der Waals surface area contributed by atoms with Crippen molar-refractivity contribution in [3.8, 4) is 11.5 Å². The number of aryl methyl sites for hydroxylation is 1. The summed E-state index contributed by atoms with van der Waals surface area (Å²) >= 11 is 0. The number of hydrogen-bond donors (Lipinski definition) is 1. The minimum absolute atomic E-state index is 0.111. The van der Waals surface area contributed by atoms with Crippen LogP contribution in [0.25, 0.3) is 11.0 Å². The third-order valence-electron chi connectivity index (χ3n) is 5.27. The number of methoxy groups -OCH3 is 1. The van der Waals surface area contributed by atoms with Crippen molar-refractivity contribution in [1.82, 2.24) is 19.7 Å². The van der Waals surface area contributed by atoms with Crippen molar-refractivity contribution in [1.29, 1.82) is 0 Å². The molecule has 0 saturated carbocycles. The van der Waals surface area contributed by atoms with Crippen molar-refractivity contribution in [2.75, 3.05) is 12.9 Å². The summed E-state index contributed by atoms with van der Waals surface area (Å²) in [5.41, 5.74) is 3.35. The number of ether oxygens (including phenoxy) is 2. The summed E-state index contributed by atoms with van der Waals surface area (Å²) in [5.74, 6) is 1.03. The number of aromatic nitrogens is 3. The van der Waals surface area contributed by atoms with E-state index in [1.165, 1.54) is 0 Å². The minimum Gasteiger partial charge on any atom is -0.493 e. The molecule has 0 bridgehead atoms. The smallest absolute Gasteiger partial charge is 0.213 e. The molecule has 0 aliphatic rings. The third-order valence-corrected chi connectivity index (χ3v) is 6.71. The molecular weight excluding hydrogens is 440 g/mol. The molecule has 0 aliphatic heterocycles. The lowest BCUT2D eigenvalue weighted by molar-refractivity contribution is 0.284. The average Bonchev–Trinajstić information content (AvgIpc) is 3.25. The average molecular weight is 467 g/mol. The molecule has 1 N–H and O–H groups in total. The van der Waals surface area contributed by atoms with Crippen molar-refractivity contribution >= 4 is 21.1 Å². The molecule has 4 aromatic rings. The van der Waals surface area contributed by atoms with Crippen LogP contribution in [-0.2, 0) is 23.2 Å². The predicted molar refractivity (Wildman–Crippen MR) is 127 cm³/mol. The molecule has 4 rings (SSSR count). The molecule has 0 amide bonds. The number of nitrogens with one attached hydrogen (secondary N) is 1. The van der Waals surface area contributed by atoms with Crippen LogP contribution in [0.15, 0.2) is 72.8 Å². The maximum Gasteiger partial charge on any atom is 0.213 e. The topological polar surface area (TPSA) is 95.3 Å². The van der Waals surface area contributed by atoms with Gasteiger partial charge in [-0.25, -0.2) is 17.8 Å². The summed E-state index contributed by atoms with van der Waals surface area (Å²) in [6.07, 6.45) is 0. The van der Waals surface area contributed by atoms with E-state index in [9.17, 15) is 8.42 Å². The number of rotatable bonds is 10. The zero-order chi connectivity index (χ0) is 23.3. The van der Waals surface area contributed by atoms with Crippen LogP contribution in [-0.4, -0.2) is 36.3 Å². The van der Waals surface area contributed by atoms with Gasteiger partial charge in [-0.2, -0.15) is 0 Å². The van der Waals surface area contributed by atoms with Crippen LogP contribution in [0, 0.1) is 0 Å². The Labute approximate surface area is 193 Å². The first-order valence-electron chi connectivity index (χ1n) is 10.6. The van der Waals surface area contributed by atoms with Crippen molar-refractivity contribution in [3.63, 3.8) is 0 Å². The van der Waals surface area contributed by atoms with E-state index >= 15 is 0 Å². The van der Waals surface area contributed by atoms with Gasteiger partial charge in [-0.05, 0) is 42.3 Å². The molecular formula is C24H26N4O4S. The van der Waals surface area contributed by atoms with E-state index in [1.807, 2.05) is 60.7 Å². The molecule has 0 spiro atoms. The second-order valence-electron chi connectivity index (χ2n) is 7.64. The summed E-state index contributed by atoms with van der Waals surface area (Å²) in [6, 6.07) is 22.3. The van der Waals surface area contributed by atoms with E-state index in [4.69, 9.17) is 9.47 Å². The Bertz CT molecular complexity index is 1320. The highest BCUT2D eigenvalue weighted by Crippen LogP contribution is 2.31. The number of para-hydroxylation sites is 1. The van der Waals surface area contributed by atoms with Gasteiger partial charge in [0.1, 0.15) is 12.1 Å². The summed E-state index contributed by atoms with van der Waals surface area (Å²) in [7, 11) is -2.00. The molecule has 1 heterocycles. The van der Waals surface area contributed by atoms with Crippen LogP contribution in [0.1, 0.15) is 24.1 Å². The van der Waals surface area contributed by atoms with E-state index in [1.54, 1.807) is 30.8 Å². The molecule has 3 aromatic carbocycles. The molecule has 1 aromatic heterocycles. The van der Waals surface area contributed by atoms with Crippen LogP contribution in [0.4, 0.5) is 0 Å². The van der Waals surface area contributed by atoms with E-state index in [2.05, 4.69) is 15.0 Å². The Balaban J connectivity index is 1.39. The van der Waals surface area contributed by atoms with Gasteiger partial charge < -0.3 is 9.47 Å². The molecule has 0 radical (unpaired) electrons. The SMILES string of the molecule is COc1cc([C@@H](C)NS(=O)(=O)CCn2nnc3ccccc32)ccc1OCc1ccccc1. The number of hydrogen-bond acceptors (Lipinski definition) is 6. The molecule has 8 nitrogen and oxygen atoms in total. The van der Waals surface area contributed by atoms with E-state index in [-0.39, 0.29) is 12.3 Å². The Morgan fingerprint density at radius 2 is 1.76 bits per heavy atom. The lowest BCUT2D eigenvalue weighted by atomic mass is 10.1. The fourth-order valence-corrected chi connectivity index (χ4v) is 4.70. The maximum absolute atomic E-state index is 12.7. The lowest BCUT2D eigenvalue weighted by Gasteiger charge is -2.17. The first-order chi connectivity index (χ1) is 15.9. The molecule has 9 heteroatoms. The first-order valence-corrected chi connectivity index (χ1v) is 12.2. The fraction of sp³-hybridized carbons (Fsp3) is 0.250. The van der Waals surface area contributed by atoms with Crippen molar-refractivity contribution in [3.05, 3.63) is 83.9 Å². The molecule has 33 heavy (non-hydrogen) atoms.